The number of nitrogens with one attached hydrogen (secondary N) is 1. The Hall–Kier alpha value is -1.35. The second-order valence-corrected chi connectivity index (χ2v) is 4.71. The van der Waals surface area contributed by atoms with Crippen LogP contribution in [-0.4, -0.2) is 18.5 Å². The maximum absolute atomic E-state index is 11.4. The predicted molar refractivity (Wildman–Crippen MR) is 70.9 cm³/mol. The first kappa shape index (κ1) is 13.7. The minimum Gasteiger partial charge on any atom is -0.356 e. The van der Waals surface area contributed by atoms with Crippen molar-refractivity contribution < 1.29 is 4.79 Å². The highest BCUT2D eigenvalue weighted by Gasteiger charge is 2.04. The van der Waals surface area contributed by atoms with Crippen LogP contribution in [0.25, 0.3) is 0 Å². The molecule has 17 heavy (non-hydrogen) atoms. The fourth-order valence-corrected chi connectivity index (χ4v) is 1.83. The van der Waals surface area contributed by atoms with Gasteiger partial charge in [-0.1, -0.05) is 23.8 Å². The van der Waals surface area contributed by atoms with E-state index in [4.69, 9.17) is 5.73 Å². The van der Waals surface area contributed by atoms with Crippen LogP contribution in [0.3, 0.4) is 0 Å². The van der Waals surface area contributed by atoms with Gasteiger partial charge in [0.25, 0.3) is 0 Å². The van der Waals surface area contributed by atoms with E-state index in [1.54, 1.807) is 0 Å². The number of benzene rings is 1. The number of hydrogen-bond donors (Lipinski definition) is 2. The zero-order valence-electron chi connectivity index (χ0n) is 10.9. The zero-order valence-corrected chi connectivity index (χ0v) is 10.9. The van der Waals surface area contributed by atoms with E-state index in [0.717, 1.165) is 6.42 Å². The van der Waals surface area contributed by atoms with E-state index >= 15 is 0 Å². The largest absolute Gasteiger partial charge is 0.356 e. The number of hydrogen-bond acceptors (Lipinski definition) is 2. The Morgan fingerprint density at radius 3 is 2.71 bits per heavy atom. The molecule has 0 aliphatic heterocycles. The average molecular weight is 234 g/mol. The standard InChI is InChI=1S/C14H22N2O/c1-10-4-5-13(11(2)8-10)6-7-16-14(17)9-12(3)15/h4-5,8,12H,6-7,9,15H2,1-3H3,(H,16,17). The molecule has 1 atom stereocenters. The summed E-state index contributed by atoms with van der Waals surface area (Å²) in [6, 6.07) is 6.32. The quantitative estimate of drug-likeness (QED) is 0.814. The van der Waals surface area contributed by atoms with Crippen molar-refractivity contribution in [2.24, 2.45) is 5.73 Å². The molecule has 0 saturated carbocycles. The van der Waals surface area contributed by atoms with Gasteiger partial charge in [-0.15, -0.1) is 0 Å². The molecule has 3 N–H and O–H groups in total. The molecule has 3 nitrogen and oxygen atoms in total. The van der Waals surface area contributed by atoms with Crippen LogP contribution in [0.1, 0.15) is 30.0 Å². The van der Waals surface area contributed by atoms with Crippen molar-refractivity contribution in [2.75, 3.05) is 6.54 Å². The zero-order chi connectivity index (χ0) is 12.8. The monoisotopic (exact) mass is 234 g/mol. The number of carbonyl (C=O) groups excluding carboxylic acids is 1. The van der Waals surface area contributed by atoms with Crippen molar-refractivity contribution in [1.82, 2.24) is 5.32 Å². The van der Waals surface area contributed by atoms with Gasteiger partial charge in [0.1, 0.15) is 0 Å². The first-order valence-electron chi connectivity index (χ1n) is 6.07. The molecule has 3 heteroatoms. The molecule has 0 fully saturated rings. The van der Waals surface area contributed by atoms with Crippen LogP contribution in [-0.2, 0) is 11.2 Å². The van der Waals surface area contributed by atoms with Crippen LogP contribution >= 0.6 is 0 Å². The summed E-state index contributed by atoms with van der Waals surface area (Å²) < 4.78 is 0. The number of rotatable bonds is 5. The van der Waals surface area contributed by atoms with Gasteiger partial charge in [-0.2, -0.15) is 0 Å². The Labute approximate surface area is 103 Å². The van der Waals surface area contributed by atoms with Crippen LogP contribution in [0.5, 0.6) is 0 Å². The summed E-state index contributed by atoms with van der Waals surface area (Å²) in [6.45, 7) is 6.70. The van der Waals surface area contributed by atoms with Crippen molar-refractivity contribution >= 4 is 5.91 Å². The molecule has 1 amide bonds. The molecule has 0 aromatic heterocycles. The third-order valence-corrected chi connectivity index (χ3v) is 2.72. The molecule has 94 valence electrons. The highest BCUT2D eigenvalue weighted by atomic mass is 16.1. The highest BCUT2D eigenvalue weighted by molar-refractivity contribution is 5.76. The fourth-order valence-electron chi connectivity index (χ4n) is 1.83. The van der Waals surface area contributed by atoms with Gasteiger partial charge in [-0.3, -0.25) is 4.79 Å². The third-order valence-electron chi connectivity index (χ3n) is 2.72. The molecule has 1 unspecified atom stereocenters. The summed E-state index contributed by atoms with van der Waals surface area (Å²) in [6.07, 6.45) is 1.27. The lowest BCUT2D eigenvalue weighted by atomic mass is 10.0. The summed E-state index contributed by atoms with van der Waals surface area (Å²) in [5.74, 6) is 0.0322. The molecule has 0 bridgehead atoms. The van der Waals surface area contributed by atoms with E-state index in [2.05, 4.69) is 37.4 Å². The lowest BCUT2D eigenvalue weighted by Crippen LogP contribution is -2.31. The Morgan fingerprint density at radius 1 is 1.41 bits per heavy atom. The van der Waals surface area contributed by atoms with Crippen molar-refractivity contribution in [3.05, 3.63) is 34.9 Å². The Kier molecular flexibility index (Phi) is 5.16. The molecule has 1 aromatic carbocycles. The molecule has 0 radical (unpaired) electrons. The second kappa shape index (κ2) is 6.40. The minimum atomic E-state index is -0.0730. The number of aryl methyl sites for hydroxylation is 2. The van der Waals surface area contributed by atoms with Gasteiger partial charge < -0.3 is 11.1 Å². The van der Waals surface area contributed by atoms with Crippen LogP contribution in [0, 0.1) is 13.8 Å². The van der Waals surface area contributed by atoms with Crippen LogP contribution in [0.15, 0.2) is 18.2 Å². The topological polar surface area (TPSA) is 55.1 Å². The first-order chi connectivity index (χ1) is 7.99. The lowest BCUT2D eigenvalue weighted by molar-refractivity contribution is -0.121. The molecule has 0 heterocycles. The van der Waals surface area contributed by atoms with E-state index in [9.17, 15) is 4.79 Å². The van der Waals surface area contributed by atoms with Gasteiger partial charge in [0.05, 0.1) is 0 Å². The number of amides is 1. The van der Waals surface area contributed by atoms with E-state index in [-0.39, 0.29) is 11.9 Å². The molecule has 1 aromatic rings. The van der Waals surface area contributed by atoms with Crippen LogP contribution in [0.2, 0.25) is 0 Å². The summed E-state index contributed by atoms with van der Waals surface area (Å²) in [4.78, 5) is 11.4. The highest BCUT2D eigenvalue weighted by Crippen LogP contribution is 2.10. The maximum Gasteiger partial charge on any atom is 0.221 e. The van der Waals surface area contributed by atoms with Gasteiger partial charge in [-0.05, 0) is 38.3 Å². The summed E-state index contributed by atoms with van der Waals surface area (Å²) in [5.41, 5.74) is 9.40. The maximum atomic E-state index is 11.4. The van der Waals surface area contributed by atoms with E-state index in [1.807, 2.05) is 6.92 Å². The van der Waals surface area contributed by atoms with Gasteiger partial charge in [-0.25, -0.2) is 0 Å². The van der Waals surface area contributed by atoms with Gasteiger partial charge in [0, 0.05) is 19.0 Å². The normalized spacial score (nSPS) is 12.2. The molecule has 0 aliphatic rings. The first-order valence-corrected chi connectivity index (χ1v) is 6.07. The Balaban J connectivity index is 2.38. The van der Waals surface area contributed by atoms with Crippen LogP contribution < -0.4 is 11.1 Å². The summed E-state index contributed by atoms with van der Waals surface area (Å²) in [7, 11) is 0. The third kappa shape index (κ3) is 5.00. The molecule has 1 rings (SSSR count). The van der Waals surface area contributed by atoms with Crippen molar-refractivity contribution in [1.29, 1.82) is 0 Å². The van der Waals surface area contributed by atoms with Crippen molar-refractivity contribution in [3.8, 4) is 0 Å². The smallest absolute Gasteiger partial charge is 0.221 e. The summed E-state index contributed by atoms with van der Waals surface area (Å²) >= 11 is 0. The van der Waals surface area contributed by atoms with E-state index < -0.39 is 0 Å². The molecular formula is C14H22N2O. The average Bonchev–Trinajstić information content (AvgIpc) is 2.20. The Bertz CT molecular complexity index is 386. The van der Waals surface area contributed by atoms with E-state index in [0.29, 0.717) is 13.0 Å². The number of carbonyl (C=O) groups is 1. The predicted octanol–water partition coefficient (Wildman–Crippen LogP) is 1.70. The van der Waals surface area contributed by atoms with Gasteiger partial charge in [0.15, 0.2) is 0 Å². The van der Waals surface area contributed by atoms with Crippen molar-refractivity contribution in [3.63, 3.8) is 0 Å². The summed E-state index contributed by atoms with van der Waals surface area (Å²) in [5, 5.41) is 2.89. The fraction of sp³-hybridized carbons (Fsp3) is 0.500. The molecule has 0 saturated heterocycles. The van der Waals surface area contributed by atoms with Crippen molar-refractivity contribution in [2.45, 2.75) is 39.7 Å². The second-order valence-electron chi connectivity index (χ2n) is 4.71. The van der Waals surface area contributed by atoms with Gasteiger partial charge >= 0.3 is 0 Å². The molecule has 0 aliphatic carbocycles. The number of nitrogens with two attached hydrogens (primary N) is 1. The van der Waals surface area contributed by atoms with Gasteiger partial charge in [0.2, 0.25) is 5.91 Å². The lowest BCUT2D eigenvalue weighted by Gasteiger charge is -2.09. The van der Waals surface area contributed by atoms with Crippen LogP contribution in [0.4, 0.5) is 0 Å². The van der Waals surface area contributed by atoms with E-state index in [1.165, 1.54) is 16.7 Å². The minimum absolute atomic E-state index is 0.0322. The Morgan fingerprint density at radius 2 is 2.12 bits per heavy atom. The SMILES string of the molecule is Cc1ccc(CCNC(=O)CC(C)N)c(C)c1. The molecular weight excluding hydrogens is 212 g/mol. The molecule has 0 spiro atoms.